The third kappa shape index (κ3) is 5.11. The summed E-state index contributed by atoms with van der Waals surface area (Å²) < 4.78 is 0. The molecule has 118 valence electrons. The van der Waals surface area contributed by atoms with Crippen molar-refractivity contribution >= 4 is 40.9 Å². The average Bonchev–Trinajstić information content (AvgIpc) is 2.54. The normalized spacial score (nSPS) is 15.7. The van der Waals surface area contributed by atoms with Crippen molar-refractivity contribution in [2.24, 2.45) is 0 Å². The zero-order valence-electron chi connectivity index (χ0n) is 12.7. The molecular weight excluding hydrogens is 316 g/mol. The fraction of sp³-hybridized carbons (Fsp3) is 0.412. The highest BCUT2D eigenvalue weighted by Crippen LogP contribution is 2.21. The molecule has 1 aromatic rings. The lowest BCUT2D eigenvalue weighted by Gasteiger charge is -2.32. The monoisotopic (exact) mass is 336 g/mol. The predicted octanol–water partition coefficient (Wildman–Crippen LogP) is 4.02. The first-order valence-electron chi connectivity index (χ1n) is 7.57. The second-order valence-electron chi connectivity index (χ2n) is 5.58. The maximum absolute atomic E-state index is 11.9. The van der Waals surface area contributed by atoms with Gasteiger partial charge in [0.15, 0.2) is 5.11 Å². The Balaban J connectivity index is 1.85. The van der Waals surface area contributed by atoms with E-state index in [1.807, 2.05) is 24.1 Å². The lowest BCUT2D eigenvalue weighted by molar-refractivity contribution is -0.115. The summed E-state index contributed by atoms with van der Waals surface area (Å²) >= 11 is 11.2. The molecule has 0 spiro atoms. The molecule has 1 N–H and O–H groups in total. The maximum Gasteiger partial charge on any atom is 0.250 e. The van der Waals surface area contributed by atoms with Gasteiger partial charge in [-0.1, -0.05) is 43.0 Å². The zero-order chi connectivity index (χ0) is 15.9. The van der Waals surface area contributed by atoms with Crippen LogP contribution in [0.2, 0.25) is 5.02 Å². The van der Waals surface area contributed by atoms with Crippen LogP contribution in [-0.2, 0) is 4.79 Å². The molecule has 0 radical (unpaired) electrons. The molecule has 1 aliphatic rings. The predicted molar refractivity (Wildman–Crippen MR) is 95.9 cm³/mol. The highest BCUT2D eigenvalue weighted by molar-refractivity contribution is 7.80. The van der Waals surface area contributed by atoms with Crippen LogP contribution in [0.5, 0.6) is 0 Å². The number of halogens is 1. The molecule has 2 rings (SSSR count). The van der Waals surface area contributed by atoms with Crippen LogP contribution in [0.3, 0.4) is 0 Å². The number of amides is 1. The molecule has 0 saturated heterocycles. The third-order valence-electron chi connectivity index (χ3n) is 3.97. The summed E-state index contributed by atoms with van der Waals surface area (Å²) in [6.07, 6.45) is 9.30. The van der Waals surface area contributed by atoms with Crippen molar-refractivity contribution in [1.82, 2.24) is 10.2 Å². The number of hydrogen-bond donors (Lipinski definition) is 1. The average molecular weight is 337 g/mol. The largest absolute Gasteiger partial charge is 0.349 e. The second kappa shape index (κ2) is 8.30. The molecule has 1 amide bonds. The van der Waals surface area contributed by atoms with Gasteiger partial charge < -0.3 is 4.90 Å². The summed E-state index contributed by atoms with van der Waals surface area (Å²) in [4.78, 5) is 14.0. The Morgan fingerprint density at radius 1 is 1.27 bits per heavy atom. The fourth-order valence-electron chi connectivity index (χ4n) is 2.62. The van der Waals surface area contributed by atoms with Crippen LogP contribution >= 0.6 is 23.8 Å². The molecule has 0 aliphatic heterocycles. The van der Waals surface area contributed by atoms with Gasteiger partial charge in [-0.3, -0.25) is 10.1 Å². The van der Waals surface area contributed by atoms with Gasteiger partial charge in [0.2, 0.25) is 5.91 Å². The van der Waals surface area contributed by atoms with Gasteiger partial charge in [0.1, 0.15) is 0 Å². The molecule has 0 unspecified atom stereocenters. The van der Waals surface area contributed by atoms with E-state index in [0.717, 1.165) is 18.4 Å². The Hall–Kier alpha value is -1.39. The first-order valence-corrected chi connectivity index (χ1v) is 8.36. The Morgan fingerprint density at radius 2 is 1.91 bits per heavy atom. The fourth-order valence-corrected chi connectivity index (χ4v) is 2.99. The Morgan fingerprint density at radius 3 is 2.55 bits per heavy atom. The number of benzene rings is 1. The van der Waals surface area contributed by atoms with Gasteiger partial charge in [-0.15, -0.1) is 0 Å². The highest BCUT2D eigenvalue weighted by Gasteiger charge is 2.20. The summed E-state index contributed by atoms with van der Waals surface area (Å²) in [6.45, 7) is 0. The van der Waals surface area contributed by atoms with Crippen molar-refractivity contribution in [3.8, 4) is 0 Å². The molecule has 0 atom stereocenters. The van der Waals surface area contributed by atoms with Crippen LogP contribution in [0.1, 0.15) is 37.7 Å². The molecule has 0 heterocycles. The summed E-state index contributed by atoms with van der Waals surface area (Å²) in [5.74, 6) is -0.206. The Kier molecular flexibility index (Phi) is 6.40. The molecule has 1 fully saturated rings. The number of carbonyl (C=O) groups is 1. The van der Waals surface area contributed by atoms with Gasteiger partial charge in [0, 0.05) is 24.2 Å². The van der Waals surface area contributed by atoms with E-state index in [0.29, 0.717) is 16.2 Å². The summed E-state index contributed by atoms with van der Waals surface area (Å²) in [5.41, 5.74) is 0.922. The molecule has 22 heavy (non-hydrogen) atoms. The van der Waals surface area contributed by atoms with Crippen molar-refractivity contribution in [1.29, 1.82) is 0 Å². The van der Waals surface area contributed by atoms with Crippen LogP contribution in [0, 0.1) is 0 Å². The van der Waals surface area contributed by atoms with Gasteiger partial charge in [-0.25, -0.2) is 0 Å². The van der Waals surface area contributed by atoms with E-state index in [1.165, 1.54) is 25.3 Å². The molecule has 1 aromatic carbocycles. The Labute approximate surface area is 142 Å². The topological polar surface area (TPSA) is 32.3 Å². The highest BCUT2D eigenvalue weighted by atomic mass is 35.5. The zero-order valence-corrected chi connectivity index (χ0v) is 14.3. The van der Waals surface area contributed by atoms with Gasteiger partial charge in [0.25, 0.3) is 0 Å². The lowest BCUT2D eigenvalue weighted by atomic mass is 9.95. The van der Waals surface area contributed by atoms with Crippen molar-refractivity contribution in [2.45, 2.75) is 38.1 Å². The number of nitrogens with zero attached hydrogens (tertiary/aromatic N) is 1. The second-order valence-corrected chi connectivity index (χ2v) is 6.41. The van der Waals surface area contributed by atoms with Crippen LogP contribution < -0.4 is 5.32 Å². The van der Waals surface area contributed by atoms with E-state index < -0.39 is 0 Å². The van der Waals surface area contributed by atoms with Crippen molar-refractivity contribution in [2.75, 3.05) is 7.05 Å². The molecule has 0 aromatic heterocycles. The summed E-state index contributed by atoms with van der Waals surface area (Å²) in [5, 5.41) is 3.94. The van der Waals surface area contributed by atoms with E-state index >= 15 is 0 Å². The third-order valence-corrected chi connectivity index (χ3v) is 4.61. The standard InChI is InChI=1S/C17H21ClN2OS/c1-20(15-5-3-2-4-6-15)17(22)19-16(21)12-9-13-7-10-14(18)11-8-13/h7-12,15H,2-6H2,1H3,(H,19,21,22)/b12-9+. The summed E-state index contributed by atoms with van der Waals surface area (Å²) in [6, 6.07) is 7.75. The van der Waals surface area contributed by atoms with Crippen LogP contribution in [-0.4, -0.2) is 29.0 Å². The molecule has 5 heteroatoms. The lowest BCUT2D eigenvalue weighted by Crippen LogP contribution is -2.45. The minimum absolute atomic E-state index is 0.206. The molecule has 0 bridgehead atoms. The first kappa shape index (κ1) is 17.0. The van der Waals surface area contributed by atoms with Gasteiger partial charge in [-0.2, -0.15) is 0 Å². The van der Waals surface area contributed by atoms with E-state index in [4.69, 9.17) is 23.8 Å². The van der Waals surface area contributed by atoms with Gasteiger partial charge in [0.05, 0.1) is 0 Å². The molecule has 1 aliphatic carbocycles. The quantitative estimate of drug-likeness (QED) is 0.668. The summed E-state index contributed by atoms with van der Waals surface area (Å²) in [7, 11) is 1.96. The van der Waals surface area contributed by atoms with Gasteiger partial charge in [-0.05, 0) is 48.8 Å². The SMILES string of the molecule is CN(C(=S)NC(=O)/C=C/c1ccc(Cl)cc1)C1CCCCC1. The molecule has 1 saturated carbocycles. The van der Waals surface area contributed by atoms with Crippen molar-refractivity contribution in [3.63, 3.8) is 0 Å². The van der Waals surface area contributed by atoms with E-state index in [2.05, 4.69) is 5.32 Å². The van der Waals surface area contributed by atoms with Crippen LogP contribution in [0.15, 0.2) is 30.3 Å². The number of carbonyl (C=O) groups excluding carboxylic acids is 1. The number of hydrogen-bond acceptors (Lipinski definition) is 2. The van der Waals surface area contributed by atoms with Crippen LogP contribution in [0.4, 0.5) is 0 Å². The number of rotatable bonds is 3. The molecule has 3 nitrogen and oxygen atoms in total. The van der Waals surface area contributed by atoms with Crippen molar-refractivity contribution < 1.29 is 4.79 Å². The van der Waals surface area contributed by atoms with E-state index in [-0.39, 0.29) is 5.91 Å². The minimum atomic E-state index is -0.206. The van der Waals surface area contributed by atoms with E-state index in [9.17, 15) is 4.79 Å². The van der Waals surface area contributed by atoms with Gasteiger partial charge >= 0.3 is 0 Å². The van der Waals surface area contributed by atoms with E-state index in [1.54, 1.807) is 18.2 Å². The first-order chi connectivity index (χ1) is 10.6. The Bertz CT molecular complexity index is 550. The smallest absolute Gasteiger partial charge is 0.250 e. The minimum Gasteiger partial charge on any atom is -0.349 e. The number of nitrogens with one attached hydrogen (secondary N) is 1. The van der Waals surface area contributed by atoms with Crippen molar-refractivity contribution in [3.05, 3.63) is 40.9 Å². The molecular formula is C17H21ClN2OS. The maximum atomic E-state index is 11.9. The van der Waals surface area contributed by atoms with Crippen LogP contribution in [0.25, 0.3) is 6.08 Å². The number of thiocarbonyl (C=S) groups is 1.